The van der Waals surface area contributed by atoms with Crippen molar-refractivity contribution in [3.63, 3.8) is 0 Å². The molecule has 0 saturated carbocycles. The largest absolute Gasteiger partial charge is 0.366 e. The van der Waals surface area contributed by atoms with Gasteiger partial charge in [-0.2, -0.15) is 0 Å². The lowest BCUT2D eigenvalue weighted by Gasteiger charge is -2.34. The first-order valence-electron chi connectivity index (χ1n) is 5.28. The van der Waals surface area contributed by atoms with Gasteiger partial charge in [-0.15, -0.1) is 0 Å². The van der Waals surface area contributed by atoms with Gasteiger partial charge in [0, 0.05) is 25.7 Å². The first-order valence-corrected chi connectivity index (χ1v) is 5.28. The number of hydrogen-bond donors (Lipinski definition) is 1. The second-order valence-corrected chi connectivity index (χ2v) is 3.84. The Balaban J connectivity index is 2.43. The fourth-order valence-electron chi connectivity index (χ4n) is 1.58. The van der Waals surface area contributed by atoms with Crippen LogP contribution in [0.15, 0.2) is 0 Å². The minimum Gasteiger partial charge on any atom is -0.366 e. The third kappa shape index (κ3) is 2.96. The van der Waals surface area contributed by atoms with Crippen molar-refractivity contribution < 1.29 is 9.53 Å². The van der Waals surface area contributed by atoms with Crippen LogP contribution in [0, 0.1) is 0 Å². The molecule has 1 aliphatic heterocycles. The van der Waals surface area contributed by atoms with Gasteiger partial charge in [0.25, 0.3) is 0 Å². The Kier molecular flexibility index (Phi) is 4.35. The lowest BCUT2D eigenvalue weighted by Crippen LogP contribution is -2.51. The summed E-state index contributed by atoms with van der Waals surface area (Å²) in [5.41, 5.74) is 0. The maximum atomic E-state index is 11.5. The molecular weight excluding hydrogens is 180 g/mol. The highest BCUT2D eigenvalue weighted by molar-refractivity contribution is 5.81. The topological polar surface area (TPSA) is 41.6 Å². The molecule has 1 atom stereocenters. The molecule has 0 aromatic heterocycles. The van der Waals surface area contributed by atoms with Crippen molar-refractivity contribution in [2.75, 3.05) is 26.2 Å². The summed E-state index contributed by atoms with van der Waals surface area (Å²) in [5, 5.41) is 2.78. The summed E-state index contributed by atoms with van der Waals surface area (Å²) < 4.78 is 5.42. The molecule has 14 heavy (non-hydrogen) atoms. The van der Waals surface area contributed by atoms with Gasteiger partial charge in [-0.1, -0.05) is 0 Å². The molecule has 0 unspecified atom stereocenters. The Labute approximate surface area is 85.6 Å². The van der Waals surface area contributed by atoms with Gasteiger partial charge < -0.3 is 10.1 Å². The Morgan fingerprint density at radius 2 is 2.36 bits per heavy atom. The molecule has 82 valence electrons. The fourth-order valence-corrected chi connectivity index (χ4v) is 1.58. The summed E-state index contributed by atoms with van der Waals surface area (Å²) in [5.74, 6) is 0.0119. The molecule has 1 heterocycles. The molecule has 0 aliphatic carbocycles. The number of ether oxygens (including phenoxy) is 1. The highest BCUT2D eigenvalue weighted by Crippen LogP contribution is 2.08. The average molecular weight is 200 g/mol. The van der Waals surface area contributed by atoms with E-state index in [1.807, 2.05) is 6.92 Å². The summed E-state index contributed by atoms with van der Waals surface area (Å²) >= 11 is 0. The van der Waals surface area contributed by atoms with Crippen LogP contribution in [-0.4, -0.2) is 49.2 Å². The van der Waals surface area contributed by atoms with Crippen molar-refractivity contribution in [2.45, 2.75) is 32.9 Å². The summed E-state index contributed by atoms with van der Waals surface area (Å²) in [6.45, 7) is 9.15. The monoisotopic (exact) mass is 200 g/mol. The van der Waals surface area contributed by atoms with E-state index >= 15 is 0 Å². The van der Waals surface area contributed by atoms with Crippen molar-refractivity contribution in [3.8, 4) is 0 Å². The molecule has 1 rings (SSSR count). The zero-order chi connectivity index (χ0) is 10.6. The van der Waals surface area contributed by atoms with Crippen molar-refractivity contribution in [1.29, 1.82) is 0 Å². The highest BCUT2D eigenvalue weighted by atomic mass is 16.5. The zero-order valence-corrected chi connectivity index (χ0v) is 9.25. The molecule has 1 aliphatic rings. The molecule has 4 heteroatoms. The van der Waals surface area contributed by atoms with E-state index in [0.717, 1.165) is 6.54 Å². The molecule has 0 aromatic rings. The van der Waals surface area contributed by atoms with Gasteiger partial charge in [0.2, 0.25) is 5.91 Å². The molecule has 0 aromatic carbocycles. The van der Waals surface area contributed by atoms with Crippen LogP contribution in [0.1, 0.15) is 20.8 Å². The smallest absolute Gasteiger partial charge is 0.250 e. The SMILES string of the molecule is CCNC(=O)[C@@H]1CN(C(C)C)CCO1. The fraction of sp³-hybridized carbons (Fsp3) is 0.900. The van der Waals surface area contributed by atoms with E-state index in [4.69, 9.17) is 4.74 Å². The standard InChI is InChI=1S/C10H20N2O2/c1-4-11-10(13)9-7-12(8(2)3)5-6-14-9/h8-9H,4-7H2,1-3H3,(H,11,13)/t9-/m0/s1. The second-order valence-electron chi connectivity index (χ2n) is 3.84. The number of hydrogen-bond acceptors (Lipinski definition) is 3. The third-order valence-electron chi connectivity index (χ3n) is 2.47. The molecule has 4 nitrogen and oxygen atoms in total. The van der Waals surface area contributed by atoms with Crippen LogP contribution in [0.4, 0.5) is 0 Å². The molecule has 0 bridgehead atoms. The predicted molar refractivity (Wildman–Crippen MR) is 55.1 cm³/mol. The van der Waals surface area contributed by atoms with Gasteiger partial charge in [-0.3, -0.25) is 9.69 Å². The van der Waals surface area contributed by atoms with Gasteiger partial charge in [-0.05, 0) is 20.8 Å². The Morgan fingerprint density at radius 1 is 1.64 bits per heavy atom. The Morgan fingerprint density at radius 3 is 2.93 bits per heavy atom. The summed E-state index contributed by atoms with van der Waals surface area (Å²) in [6.07, 6.45) is -0.286. The summed E-state index contributed by atoms with van der Waals surface area (Å²) in [4.78, 5) is 13.8. The number of carbonyl (C=O) groups excluding carboxylic acids is 1. The lowest BCUT2D eigenvalue weighted by atomic mass is 10.2. The summed E-state index contributed by atoms with van der Waals surface area (Å²) in [6, 6.07) is 0.482. The maximum absolute atomic E-state index is 11.5. The minimum absolute atomic E-state index is 0.0119. The van der Waals surface area contributed by atoms with Crippen molar-refractivity contribution >= 4 is 5.91 Å². The average Bonchev–Trinajstić information content (AvgIpc) is 2.18. The van der Waals surface area contributed by atoms with Crippen LogP contribution in [0.3, 0.4) is 0 Å². The van der Waals surface area contributed by atoms with Crippen LogP contribution in [0.2, 0.25) is 0 Å². The van der Waals surface area contributed by atoms with Crippen LogP contribution >= 0.6 is 0 Å². The number of likely N-dealkylation sites (N-methyl/N-ethyl adjacent to an activating group) is 1. The van der Waals surface area contributed by atoms with Crippen LogP contribution in [0.5, 0.6) is 0 Å². The van der Waals surface area contributed by atoms with E-state index in [1.54, 1.807) is 0 Å². The van der Waals surface area contributed by atoms with Gasteiger partial charge in [-0.25, -0.2) is 0 Å². The van der Waals surface area contributed by atoms with Gasteiger partial charge in [0.05, 0.1) is 6.61 Å². The zero-order valence-electron chi connectivity index (χ0n) is 9.25. The van der Waals surface area contributed by atoms with Crippen LogP contribution in [-0.2, 0) is 9.53 Å². The van der Waals surface area contributed by atoms with Crippen LogP contribution in [0.25, 0.3) is 0 Å². The van der Waals surface area contributed by atoms with E-state index in [1.165, 1.54) is 0 Å². The molecule has 0 spiro atoms. The van der Waals surface area contributed by atoms with Crippen LogP contribution < -0.4 is 5.32 Å². The second kappa shape index (κ2) is 5.32. The van der Waals surface area contributed by atoms with E-state index in [-0.39, 0.29) is 12.0 Å². The Hall–Kier alpha value is -0.610. The molecule has 1 fully saturated rings. The summed E-state index contributed by atoms with van der Waals surface area (Å²) in [7, 11) is 0. The van der Waals surface area contributed by atoms with Crippen molar-refractivity contribution in [1.82, 2.24) is 10.2 Å². The number of amides is 1. The van der Waals surface area contributed by atoms with Crippen molar-refractivity contribution in [2.24, 2.45) is 0 Å². The molecule has 1 saturated heterocycles. The number of morpholine rings is 1. The van der Waals surface area contributed by atoms with Gasteiger partial charge in [0.1, 0.15) is 6.10 Å². The van der Waals surface area contributed by atoms with Gasteiger partial charge in [0.15, 0.2) is 0 Å². The number of nitrogens with zero attached hydrogens (tertiary/aromatic N) is 1. The molecular formula is C10H20N2O2. The predicted octanol–water partition coefficient (Wildman–Crippen LogP) is 0.232. The molecule has 1 amide bonds. The number of nitrogens with one attached hydrogen (secondary N) is 1. The normalized spacial score (nSPS) is 23.9. The van der Waals surface area contributed by atoms with E-state index in [9.17, 15) is 4.79 Å². The molecule has 0 radical (unpaired) electrons. The van der Waals surface area contributed by atoms with E-state index < -0.39 is 0 Å². The Bertz CT molecular complexity index is 195. The number of carbonyl (C=O) groups is 1. The third-order valence-corrected chi connectivity index (χ3v) is 2.47. The number of rotatable bonds is 3. The van der Waals surface area contributed by atoms with E-state index in [2.05, 4.69) is 24.1 Å². The lowest BCUT2D eigenvalue weighted by molar-refractivity contribution is -0.139. The first kappa shape index (κ1) is 11.5. The van der Waals surface area contributed by atoms with Crippen molar-refractivity contribution in [3.05, 3.63) is 0 Å². The minimum atomic E-state index is -0.286. The highest BCUT2D eigenvalue weighted by Gasteiger charge is 2.27. The molecule has 1 N–H and O–H groups in total. The van der Waals surface area contributed by atoms with Gasteiger partial charge >= 0.3 is 0 Å². The van der Waals surface area contributed by atoms with E-state index in [0.29, 0.717) is 25.7 Å². The first-order chi connectivity index (χ1) is 6.65. The maximum Gasteiger partial charge on any atom is 0.250 e. The quantitative estimate of drug-likeness (QED) is 0.709.